The Kier molecular flexibility index (Phi) is 6.76. The van der Waals surface area contributed by atoms with Gasteiger partial charge in [-0.3, -0.25) is 4.79 Å². The molecule has 0 aliphatic carbocycles. The SMILES string of the molecule is CCc1cc2c(NCCCCCC(=O)O)nc(Cc3ccccc3)nc2s1. The van der Waals surface area contributed by atoms with Crippen LogP contribution in [-0.4, -0.2) is 27.6 Å². The summed E-state index contributed by atoms with van der Waals surface area (Å²) in [6.07, 6.45) is 4.48. The molecule has 0 radical (unpaired) electrons. The molecule has 0 atom stereocenters. The van der Waals surface area contributed by atoms with E-state index in [1.807, 2.05) is 18.2 Å². The van der Waals surface area contributed by atoms with Crippen LogP contribution in [0, 0.1) is 0 Å². The molecule has 2 heterocycles. The zero-order chi connectivity index (χ0) is 19.1. The quantitative estimate of drug-likeness (QED) is 0.487. The third-order valence-corrected chi connectivity index (χ3v) is 5.58. The number of unbranched alkanes of at least 4 members (excludes halogenated alkanes) is 2. The first-order valence-electron chi connectivity index (χ1n) is 9.44. The molecule has 0 fully saturated rings. The van der Waals surface area contributed by atoms with E-state index in [0.29, 0.717) is 12.8 Å². The highest BCUT2D eigenvalue weighted by molar-refractivity contribution is 7.18. The lowest BCUT2D eigenvalue weighted by Gasteiger charge is -2.09. The van der Waals surface area contributed by atoms with Gasteiger partial charge in [-0.1, -0.05) is 43.7 Å². The first kappa shape index (κ1) is 19.3. The number of carboxylic acid groups (broad SMARTS) is 1. The van der Waals surface area contributed by atoms with Crippen LogP contribution in [0.4, 0.5) is 5.82 Å². The van der Waals surface area contributed by atoms with Crippen LogP contribution in [0.5, 0.6) is 0 Å². The molecular formula is C21H25N3O2S. The summed E-state index contributed by atoms with van der Waals surface area (Å²) < 4.78 is 0. The van der Waals surface area contributed by atoms with Crippen LogP contribution in [-0.2, 0) is 17.6 Å². The largest absolute Gasteiger partial charge is 0.481 e. The van der Waals surface area contributed by atoms with Crippen molar-refractivity contribution in [2.24, 2.45) is 0 Å². The lowest BCUT2D eigenvalue weighted by Crippen LogP contribution is -2.07. The van der Waals surface area contributed by atoms with Gasteiger partial charge in [0.15, 0.2) is 0 Å². The Morgan fingerprint density at radius 1 is 1.15 bits per heavy atom. The molecule has 3 aromatic rings. The van der Waals surface area contributed by atoms with Crippen molar-refractivity contribution < 1.29 is 9.90 Å². The number of nitrogens with zero attached hydrogens (tertiary/aromatic N) is 2. The topological polar surface area (TPSA) is 75.1 Å². The number of hydrogen-bond donors (Lipinski definition) is 2. The van der Waals surface area contributed by atoms with Gasteiger partial charge in [-0.05, 0) is 30.9 Å². The minimum Gasteiger partial charge on any atom is -0.481 e. The Morgan fingerprint density at radius 3 is 2.70 bits per heavy atom. The maximum atomic E-state index is 10.6. The molecule has 5 nitrogen and oxygen atoms in total. The van der Waals surface area contributed by atoms with Gasteiger partial charge < -0.3 is 10.4 Å². The van der Waals surface area contributed by atoms with Gasteiger partial charge in [0.25, 0.3) is 0 Å². The zero-order valence-electron chi connectivity index (χ0n) is 15.6. The van der Waals surface area contributed by atoms with Crippen LogP contribution in [0.1, 0.15) is 48.9 Å². The van der Waals surface area contributed by atoms with E-state index in [1.54, 1.807) is 11.3 Å². The monoisotopic (exact) mass is 383 g/mol. The second-order valence-electron chi connectivity index (χ2n) is 6.57. The Bertz CT molecular complexity index is 893. The normalized spacial score (nSPS) is 11.0. The average molecular weight is 384 g/mol. The van der Waals surface area contributed by atoms with Crippen LogP contribution in [0.15, 0.2) is 36.4 Å². The van der Waals surface area contributed by atoms with Crippen molar-refractivity contribution in [1.29, 1.82) is 0 Å². The van der Waals surface area contributed by atoms with Crippen molar-refractivity contribution in [1.82, 2.24) is 9.97 Å². The van der Waals surface area contributed by atoms with Crippen LogP contribution in [0.3, 0.4) is 0 Å². The number of aromatic nitrogens is 2. The molecule has 0 saturated carbocycles. The fraction of sp³-hybridized carbons (Fsp3) is 0.381. The van der Waals surface area contributed by atoms with E-state index in [9.17, 15) is 4.79 Å². The Balaban J connectivity index is 1.73. The first-order chi connectivity index (χ1) is 13.2. The molecule has 0 unspecified atom stereocenters. The molecular weight excluding hydrogens is 358 g/mol. The van der Waals surface area contributed by atoms with Gasteiger partial charge in [-0.25, -0.2) is 9.97 Å². The minimum atomic E-state index is -0.726. The number of anilines is 1. The van der Waals surface area contributed by atoms with E-state index in [0.717, 1.165) is 47.7 Å². The second-order valence-corrected chi connectivity index (χ2v) is 7.68. The number of fused-ring (bicyclic) bond motifs is 1. The number of thiophene rings is 1. The highest BCUT2D eigenvalue weighted by atomic mass is 32.1. The van der Waals surface area contributed by atoms with E-state index in [1.165, 1.54) is 10.4 Å². The average Bonchev–Trinajstić information content (AvgIpc) is 3.08. The minimum absolute atomic E-state index is 0.239. The van der Waals surface area contributed by atoms with Crippen LogP contribution in [0.2, 0.25) is 0 Å². The number of rotatable bonds is 10. The molecule has 0 aliphatic rings. The predicted molar refractivity (Wildman–Crippen MR) is 111 cm³/mol. The van der Waals surface area contributed by atoms with Crippen molar-refractivity contribution in [3.8, 4) is 0 Å². The van der Waals surface area contributed by atoms with Crippen LogP contribution >= 0.6 is 11.3 Å². The van der Waals surface area contributed by atoms with Crippen molar-refractivity contribution in [3.63, 3.8) is 0 Å². The van der Waals surface area contributed by atoms with Gasteiger partial charge in [-0.15, -0.1) is 11.3 Å². The molecule has 27 heavy (non-hydrogen) atoms. The van der Waals surface area contributed by atoms with E-state index in [2.05, 4.69) is 30.4 Å². The molecule has 3 rings (SSSR count). The molecule has 0 saturated heterocycles. The third-order valence-electron chi connectivity index (χ3n) is 4.40. The maximum Gasteiger partial charge on any atom is 0.303 e. The van der Waals surface area contributed by atoms with Gasteiger partial charge in [0.2, 0.25) is 0 Å². The number of carboxylic acids is 1. The van der Waals surface area contributed by atoms with Crippen molar-refractivity contribution in [3.05, 3.63) is 52.7 Å². The zero-order valence-corrected chi connectivity index (χ0v) is 16.4. The molecule has 1 aromatic carbocycles. The molecule has 2 N–H and O–H groups in total. The Labute approximate surface area is 163 Å². The van der Waals surface area contributed by atoms with Gasteiger partial charge in [0.1, 0.15) is 16.5 Å². The van der Waals surface area contributed by atoms with Gasteiger partial charge >= 0.3 is 5.97 Å². The number of aryl methyl sites for hydroxylation is 1. The van der Waals surface area contributed by atoms with Gasteiger partial charge in [0, 0.05) is 24.3 Å². The van der Waals surface area contributed by atoms with Crippen molar-refractivity contribution >= 4 is 33.3 Å². The number of benzene rings is 1. The summed E-state index contributed by atoms with van der Waals surface area (Å²) in [7, 11) is 0. The van der Waals surface area contributed by atoms with Crippen LogP contribution < -0.4 is 5.32 Å². The highest BCUT2D eigenvalue weighted by Gasteiger charge is 2.12. The first-order valence-corrected chi connectivity index (χ1v) is 10.3. The van der Waals surface area contributed by atoms with Gasteiger partial charge in [0.05, 0.1) is 5.39 Å². The van der Waals surface area contributed by atoms with E-state index < -0.39 is 5.97 Å². The number of hydrogen-bond acceptors (Lipinski definition) is 5. The summed E-state index contributed by atoms with van der Waals surface area (Å²) >= 11 is 1.73. The smallest absolute Gasteiger partial charge is 0.303 e. The van der Waals surface area contributed by atoms with E-state index in [4.69, 9.17) is 15.1 Å². The van der Waals surface area contributed by atoms with Crippen LogP contribution in [0.25, 0.3) is 10.2 Å². The lowest BCUT2D eigenvalue weighted by molar-refractivity contribution is -0.137. The van der Waals surface area contributed by atoms with Crippen molar-refractivity contribution in [2.75, 3.05) is 11.9 Å². The molecule has 0 spiro atoms. The number of aliphatic carboxylic acids is 1. The Hall–Kier alpha value is -2.47. The van der Waals surface area contributed by atoms with E-state index in [-0.39, 0.29) is 6.42 Å². The standard InChI is InChI=1S/C21H25N3O2S/c1-2-16-14-17-20(22-12-8-4-7-11-19(25)26)23-18(24-21(17)27-16)13-15-9-5-3-6-10-15/h3,5-6,9-10,14H,2,4,7-8,11-13H2,1H3,(H,25,26)(H,22,23,24). The summed E-state index contributed by atoms with van der Waals surface area (Å²) in [5.74, 6) is 0.989. The molecule has 0 aliphatic heterocycles. The second kappa shape index (κ2) is 9.46. The third kappa shape index (κ3) is 5.50. The van der Waals surface area contributed by atoms with E-state index >= 15 is 0 Å². The summed E-state index contributed by atoms with van der Waals surface area (Å²) in [6, 6.07) is 12.4. The Morgan fingerprint density at radius 2 is 1.96 bits per heavy atom. The highest BCUT2D eigenvalue weighted by Crippen LogP contribution is 2.30. The lowest BCUT2D eigenvalue weighted by atomic mass is 10.1. The maximum absolute atomic E-state index is 10.6. The molecule has 6 heteroatoms. The summed E-state index contributed by atoms with van der Waals surface area (Å²) in [4.78, 5) is 22.5. The van der Waals surface area contributed by atoms with Crippen molar-refractivity contribution in [2.45, 2.75) is 45.4 Å². The van der Waals surface area contributed by atoms with Gasteiger partial charge in [-0.2, -0.15) is 0 Å². The molecule has 0 bridgehead atoms. The number of nitrogens with one attached hydrogen (secondary N) is 1. The predicted octanol–water partition coefficient (Wildman–Crippen LogP) is 4.90. The summed E-state index contributed by atoms with van der Waals surface area (Å²) in [6.45, 7) is 2.94. The molecule has 142 valence electrons. The number of carbonyl (C=O) groups is 1. The molecule has 0 amide bonds. The fourth-order valence-electron chi connectivity index (χ4n) is 2.97. The fourth-order valence-corrected chi connectivity index (χ4v) is 3.95. The molecule has 2 aromatic heterocycles. The summed E-state index contributed by atoms with van der Waals surface area (Å²) in [5, 5.41) is 13.2. The summed E-state index contributed by atoms with van der Waals surface area (Å²) in [5.41, 5.74) is 1.20.